The normalized spacial score (nSPS) is 25.3. The van der Waals surface area contributed by atoms with Crippen molar-refractivity contribution < 1.29 is 17.5 Å². The minimum absolute atomic E-state index is 0.0821. The van der Waals surface area contributed by atoms with Gasteiger partial charge in [-0.1, -0.05) is 19.4 Å². The molecular formula is C20H25FN2O3S2. The number of alkyl halides is 1. The van der Waals surface area contributed by atoms with Crippen LogP contribution in [0, 0.1) is 0 Å². The summed E-state index contributed by atoms with van der Waals surface area (Å²) in [6.45, 7) is 6.41. The van der Waals surface area contributed by atoms with Gasteiger partial charge in [0.25, 0.3) is 0 Å². The van der Waals surface area contributed by atoms with Crippen LogP contribution >= 0.6 is 11.3 Å². The molecule has 2 aromatic rings. The number of hydrogen-bond acceptors (Lipinski definition) is 5. The topological polar surface area (TPSA) is 58.6 Å². The Labute approximate surface area is 169 Å². The average Bonchev–Trinajstić information content (AvgIpc) is 3.24. The standard InChI is InChI=1S/C20H25FN2O3S2/c1-4-5-10-23-17-9-8-15(28(24,25)22-13-14-7-6-11-27-14)12-16(17)20(21)18(23)26-19(20,2)3/h6-9,11-12,18,22H,4-5,10,13H2,1-3H3. The fourth-order valence-electron chi connectivity index (χ4n) is 4.00. The van der Waals surface area contributed by atoms with Crippen molar-refractivity contribution in [2.75, 3.05) is 11.4 Å². The zero-order valence-corrected chi connectivity index (χ0v) is 17.9. The second-order valence-electron chi connectivity index (χ2n) is 7.82. The van der Waals surface area contributed by atoms with Gasteiger partial charge >= 0.3 is 0 Å². The van der Waals surface area contributed by atoms with Crippen molar-refractivity contribution in [3.63, 3.8) is 0 Å². The van der Waals surface area contributed by atoms with Crippen LogP contribution in [0.1, 0.15) is 44.1 Å². The number of nitrogens with zero attached hydrogens (tertiary/aromatic N) is 1. The van der Waals surface area contributed by atoms with Gasteiger partial charge < -0.3 is 9.64 Å². The van der Waals surface area contributed by atoms with Gasteiger partial charge in [-0.05, 0) is 49.9 Å². The van der Waals surface area contributed by atoms with E-state index in [0.29, 0.717) is 12.1 Å². The first-order valence-corrected chi connectivity index (χ1v) is 11.9. The fraction of sp³-hybridized carbons (Fsp3) is 0.500. The minimum atomic E-state index is -3.74. The fourth-order valence-corrected chi connectivity index (χ4v) is 5.77. The zero-order valence-electron chi connectivity index (χ0n) is 16.2. The summed E-state index contributed by atoms with van der Waals surface area (Å²) in [5, 5.41) is 1.90. The molecule has 2 aliphatic rings. The van der Waals surface area contributed by atoms with Crippen molar-refractivity contribution in [3.05, 3.63) is 46.2 Å². The third kappa shape index (κ3) is 2.89. The van der Waals surface area contributed by atoms with Crippen LogP contribution < -0.4 is 9.62 Å². The van der Waals surface area contributed by atoms with Gasteiger partial charge in [-0.2, -0.15) is 0 Å². The Morgan fingerprint density at radius 1 is 1.32 bits per heavy atom. The summed E-state index contributed by atoms with van der Waals surface area (Å²) in [6, 6.07) is 8.49. The molecule has 1 aromatic carbocycles. The van der Waals surface area contributed by atoms with E-state index in [2.05, 4.69) is 11.6 Å². The van der Waals surface area contributed by atoms with Crippen molar-refractivity contribution >= 4 is 27.0 Å². The molecule has 2 unspecified atom stereocenters. The summed E-state index contributed by atoms with van der Waals surface area (Å²) in [4.78, 5) is 2.93. The monoisotopic (exact) mass is 424 g/mol. The Morgan fingerprint density at radius 2 is 2.11 bits per heavy atom. The van der Waals surface area contributed by atoms with Gasteiger partial charge in [0, 0.05) is 29.2 Å². The molecule has 0 bridgehead atoms. The molecule has 0 amide bonds. The first kappa shape index (κ1) is 19.8. The summed E-state index contributed by atoms with van der Waals surface area (Å²) in [5.41, 5.74) is -1.59. The Kier molecular flexibility index (Phi) is 4.81. The van der Waals surface area contributed by atoms with Crippen LogP contribution in [0.15, 0.2) is 40.6 Å². The van der Waals surface area contributed by atoms with Crippen LogP contribution in [0.2, 0.25) is 0 Å². The van der Waals surface area contributed by atoms with E-state index in [9.17, 15) is 8.42 Å². The van der Waals surface area contributed by atoms with E-state index in [1.54, 1.807) is 26.0 Å². The number of halogens is 1. The van der Waals surface area contributed by atoms with E-state index in [4.69, 9.17) is 4.74 Å². The number of rotatable bonds is 7. The Bertz CT molecular complexity index is 975. The average molecular weight is 425 g/mol. The van der Waals surface area contributed by atoms with Crippen LogP contribution in [-0.2, 0) is 27.0 Å². The highest BCUT2D eigenvalue weighted by Gasteiger charge is 2.71. The lowest BCUT2D eigenvalue weighted by atomic mass is 9.76. The van der Waals surface area contributed by atoms with Crippen LogP contribution in [0.4, 0.5) is 10.1 Å². The van der Waals surface area contributed by atoms with Crippen molar-refractivity contribution in [3.8, 4) is 0 Å². The Morgan fingerprint density at radius 3 is 2.75 bits per heavy atom. The molecule has 1 fully saturated rings. The van der Waals surface area contributed by atoms with Gasteiger partial charge in [-0.15, -0.1) is 11.3 Å². The van der Waals surface area contributed by atoms with Crippen LogP contribution in [0.25, 0.3) is 0 Å². The van der Waals surface area contributed by atoms with Crippen LogP contribution in [0.3, 0.4) is 0 Å². The predicted molar refractivity (Wildman–Crippen MR) is 109 cm³/mol. The summed E-state index contributed by atoms with van der Waals surface area (Å²) in [6.07, 6.45) is 1.21. The van der Waals surface area contributed by atoms with E-state index in [1.807, 2.05) is 22.4 Å². The second-order valence-corrected chi connectivity index (χ2v) is 10.6. The molecule has 0 spiro atoms. The van der Waals surface area contributed by atoms with E-state index in [-0.39, 0.29) is 11.4 Å². The molecule has 3 heterocycles. The maximum absolute atomic E-state index is 16.1. The zero-order chi connectivity index (χ0) is 20.2. The molecular weight excluding hydrogens is 399 g/mol. The summed E-state index contributed by atoms with van der Waals surface area (Å²) >= 11 is 1.49. The maximum atomic E-state index is 16.1. The summed E-state index contributed by atoms with van der Waals surface area (Å²) < 4.78 is 50.2. The van der Waals surface area contributed by atoms with Gasteiger partial charge in [-0.3, -0.25) is 0 Å². The summed E-state index contributed by atoms with van der Waals surface area (Å²) in [5.74, 6) is 0. The third-order valence-corrected chi connectivity index (χ3v) is 7.93. The third-order valence-electron chi connectivity index (χ3n) is 5.65. The number of hydrogen-bond donors (Lipinski definition) is 1. The SMILES string of the molecule is CCCCN1c2ccc(S(=O)(=O)NCc3cccs3)cc2C2(F)C1OC2(C)C. The first-order valence-electron chi connectivity index (χ1n) is 9.50. The number of unbranched alkanes of at least 4 members (excludes halogenated alkanes) is 1. The molecule has 0 radical (unpaired) electrons. The van der Waals surface area contributed by atoms with Crippen LogP contribution in [0.5, 0.6) is 0 Å². The summed E-state index contributed by atoms with van der Waals surface area (Å²) in [7, 11) is -3.74. The number of ether oxygens (including phenoxy) is 1. The largest absolute Gasteiger partial charge is 0.345 e. The number of thiophene rings is 1. The molecule has 152 valence electrons. The smallest absolute Gasteiger partial charge is 0.240 e. The highest BCUT2D eigenvalue weighted by Crippen LogP contribution is 2.61. The van der Waals surface area contributed by atoms with Gasteiger partial charge in [-0.25, -0.2) is 17.5 Å². The van der Waals surface area contributed by atoms with E-state index >= 15 is 4.39 Å². The maximum Gasteiger partial charge on any atom is 0.240 e. The lowest BCUT2D eigenvalue weighted by molar-refractivity contribution is -0.307. The molecule has 8 heteroatoms. The highest BCUT2D eigenvalue weighted by atomic mass is 32.2. The molecule has 0 aliphatic carbocycles. The number of nitrogens with one attached hydrogen (secondary N) is 1. The number of fused-ring (bicyclic) bond motifs is 3. The van der Waals surface area contributed by atoms with Gasteiger partial charge in [0.2, 0.25) is 15.7 Å². The van der Waals surface area contributed by atoms with E-state index in [1.165, 1.54) is 17.4 Å². The van der Waals surface area contributed by atoms with Crippen LogP contribution in [-0.4, -0.2) is 26.8 Å². The molecule has 1 aromatic heterocycles. The van der Waals surface area contributed by atoms with Gasteiger partial charge in [0.05, 0.1) is 4.90 Å². The molecule has 0 saturated carbocycles. The van der Waals surface area contributed by atoms with E-state index < -0.39 is 27.5 Å². The molecule has 1 N–H and O–H groups in total. The van der Waals surface area contributed by atoms with Crippen molar-refractivity contribution in [2.24, 2.45) is 0 Å². The number of sulfonamides is 1. The number of anilines is 1. The second kappa shape index (κ2) is 6.79. The molecule has 28 heavy (non-hydrogen) atoms. The first-order chi connectivity index (χ1) is 13.2. The molecule has 1 saturated heterocycles. The molecule has 2 aliphatic heterocycles. The quantitative estimate of drug-likeness (QED) is 0.726. The lowest BCUT2D eigenvalue weighted by Crippen LogP contribution is -2.68. The lowest BCUT2D eigenvalue weighted by Gasteiger charge is -2.54. The molecule has 4 rings (SSSR count). The number of benzene rings is 1. The predicted octanol–water partition coefficient (Wildman–Crippen LogP) is 4.15. The minimum Gasteiger partial charge on any atom is -0.345 e. The van der Waals surface area contributed by atoms with Crippen molar-refractivity contribution in [2.45, 2.75) is 62.6 Å². The highest BCUT2D eigenvalue weighted by molar-refractivity contribution is 7.89. The van der Waals surface area contributed by atoms with Gasteiger partial charge in [0.15, 0.2) is 6.23 Å². The van der Waals surface area contributed by atoms with Crippen molar-refractivity contribution in [1.82, 2.24) is 4.72 Å². The molecule has 5 nitrogen and oxygen atoms in total. The van der Waals surface area contributed by atoms with Gasteiger partial charge in [0.1, 0.15) is 5.60 Å². The Hall–Kier alpha value is -1.48. The van der Waals surface area contributed by atoms with E-state index in [0.717, 1.165) is 23.4 Å². The van der Waals surface area contributed by atoms with Crippen molar-refractivity contribution in [1.29, 1.82) is 0 Å². The Balaban J connectivity index is 1.68. The molecule has 2 atom stereocenters.